The highest BCUT2D eigenvalue weighted by atomic mass is 19.4. The van der Waals surface area contributed by atoms with E-state index in [0.29, 0.717) is 48.8 Å². The Bertz CT molecular complexity index is 1450. The highest BCUT2D eigenvalue weighted by Crippen LogP contribution is 2.42. The molecule has 2 fully saturated rings. The Morgan fingerprint density at radius 2 is 1.60 bits per heavy atom. The third-order valence-corrected chi connectivity index (χ3v) is 7.14. The summed E-state index contributed by atoms with van der Waals surface area (Å²) >= 11 is 0. The van der Waals surface area contributed by atoms with Gasteiger partial charge in [-0.05, 0) is 56.8 Å². The van der Waals surface area contributed by atoms with Gasteiger partial charge in [0.15, 0.2) is 5.75 Å². The van der Waals surface area contributed by atoms with Gasteiger partial charge < -0.3 is 19.4 Å². The molecule has 3 heterocycles. The molecule has 2 saturated heterocycles. The van der Waals surface area contributed by atoms with Crippen molar-refractivity contribution in [3.05, 3.63) is 48.3 Å². The van der Waals surface area contributed by atoms with Gasteiger partial charge in [-0.3, -0.25) is 19.5 Å². The van der Waals surface area contributed by atoms with Crippen molar-refractivity contribution in [3.63, 3.8) is 0 Å². The van der Waals surface area contributed by atoms with E-state index in [4.69, 9.17) is 0 Å². The molecule has 4 amide bonds. The summed E-state index contributed by atoms with van der Waals surface area (Å²) in [6.07, 6.45) is -8.02. The number of piperazine rings is 1. The number of likely N-dealkylation sites (N-methyl/N-ethyl adjacent to an activating group) is 1. The molecule has 4 rings (SSSR count). The van der Waals surface area contributed by atoms with E-state index in [2.05, 4.69) is 14.6 Å². The fourth-order valence-corrected chi connectivity index (χ4v) is 4.65. The van der Waals surface area contributed by atoms with Gasteiger partial charge in [0.05, 0.1) is 17.9 Å². The van der Waals surface area contributed by atoms with Crippen LogP contribution in [-0.2, 0) is 25.8 Å². The number of nitrogens with zero attached hydrogens (tertiary/aromatic N) is 6. The summed E-state index contributed by atoms with van der Waals surface area (Å²) in [7, 11) is 1.82. The van der Waals surface area contributed by atoms with E-state index in [1.807, 2.05) is 11.9 Å². The summed E-state index contributed by atoms with van der Waals surface area (Å²) in [6, 6.07) is 3.96. The lowest BCUT2D eigenvalue weighted by Crippen LogP contribution is -2.50. The van der Waals surface area contributed by atoms with Gasteiger partial charge in [0.1, 0.15) is 5.54 Å². The lowest BCUT2D eigenvalue weighted by atomic mass is 10.0. The number of carbonyl (C=O) groups excluding carboxylic acids is 4. The molecule has 0 spiro atoms. The molecule has 0 radical (unpaired) electrons. The Balaban J connectivity index is 1.77. The third-order valence-electron chi connectivity index (χ3n) is 7.14. The van der Waals surface area contributed by atoms with Crippen molar-refractivity contribution in [2.75, 3.05) is 49.7 Å². The number of carbonyl (C=O) groups is 4. The lowest BCUT2D eigenvalue weighted by molar-refractivity contribution is -0.274. The largest absolute Gasteiger partial charge is 0.573 e. The molecule has 45 heavy (non-hydrogen) atoms. The zero-order valence-corrected chi connectivity index (χ0v) is 24.2. The zero-order valence-electron chi connectivity index (χ0n) is 24.2. The third kappa shape index (κ3) is 7.62. The number of rotatable bonds is 7. The van der Waals surface area contributed by atoms with E-state index < -0.39 is 65.6 Å². The summed E-state index contributed by atoms with van der Waals surface area (Å²) in [5.74, 6) is -6.05. The molecule has 0 unspecified atom stereocenters. The van der Waals surface area contributed by atoms with Crippen LogP contribution in [-0.4, -0.2) is 101 Å². The lowest BCUT2D eigenvalue weighted by Gasteiger charge is -2.33. The number of urea groups is 1. The number of alkyl halides is 6. The Labute approximate surface area is 252 Å². The average Bonchev–Trinajstić information content (AvgIpc) is 3.11. The number of pyridine rings is 1. The molecule has 0 atom stereocenters. The normalized spacial score (nSPS) is 17.9. The number of amides is 4. The van der Waals surface area contributed by atoms with E-state index in [-0.39, 0.29) is 11.6 Å². The van der Waals surface area contributed by atoms with E-state index in [1.165, 1.54) is 26.2 Å². The molecule has 0 saturated carbocycles. The Morgan fingerprint density at radius 3 is 2.18 bits per heavy atom. The van der Waals surface area contributed by atoms with Gasteiger partial charge in [-0.1, -0.05) is 0 Å². The molecule has 1 aromatic heterocycles. The maximum absolute atomic E-state index is 13.6. The molecule has 2 aromatic rings. The van der Waals surface area contributed by atoms with Crippen LogP contribution in [0.4, 0.5) is 42.5 Å². The number of ether oxygens (including phenoxy) is 1. The average molecular weight is 647 g/mol. The second-order valence-electron chi connectivity index (χ2n) is 10.8. The van der Waals surface area contributed by atoms with Crippen molar-refractivity contribution in [2.45, 2.75) is 38.5 Å². The van der Waals surface area contributed by atoms with Crippen LogP contribution in [0, 0.1) is 0 Å². The zero-order chi connectivity index (χ0) is 33.3. The van der Waals surface area contributed by atoms with Crippen molar-refractivity contribution < 1.29 is 55.1 Å². The maximum atomic E-state index is 13.6. The van der Waals surface area contributed by atoms with Crippen LogP contribution in [0.15, 0.2) is 42.7 Å². The molecule has 12 nitrogen and oxygen atoms in total. The summed E-state index contributed by atoms with van der Waals surface area (Å²) in [4.78, 5) is 65.5. The Kier molecular flexibility index (Phi) is 9.30. The number of benzene rings is 1. The summed E-state index contributed by atoms with van der Waals surface area (Å²) in [5.41, 5.74) is -2.62. The van der Waals surface area contributed by atoms with E-state index in [1.54, 1.807) is 17.0 Å². The highest BCUT2D eigenvalue weighted by molar-refractivity contribution is 6.23. The van der Waals surface area contributed by atoms with Gasteiger partial charge in [-0.25, -0.2) is 14.5 Å². The number of imide groups is 1. The van der Waals surface area contributed by atoms with E-state index >= 15 is 0 Å². The van der Waals surface area contributed by atoms with Crippen LogP contribution in [0.2, 0.25) is 0 Å². The first-order valence-corrected chi connectivity index (χ1v) is 13.4. The van der Waals surface area contributed by atoms with Crippen LogP contribution in [0.1, 0.15) is 19.4 Å². The van der Waals surface area contributed by atoms with Gasteiger partial charge in [0.25, 0.3) is 11.8 Å². The molecule has 2 aliphatic rings. The summed E-state index contributed by atoms with van der Waals surface area (Å²) in [6.45, 7) is 3.73. The SMILES string of the molecule is CN1CCN(CC(=O)N(OC(=O)C(F)(F)F)c2ccc(OC(F)(F)F)c(N3C(=O)N(Cc4ccncc4)C(C)(C)C3=O)c2)CC1. The van der Waals surface area contributed by atoms with Gasteiger partial charge in [-0.2, -0.15) is 13.2 Å². The number of hydroxylamine groups is 1. The monoisotopic (exact) mass is 646 g/mol. The van der Waals surface area contributed by atoms with E-state index in [9.17, 15) is 45.5 Å². The first-order valence-electron chi connectivity index (χ1n) is 13.4. The summed E-state index contributed by atoms with van der Waals surface area (Å²) in [5, 5.41) is -0.0279. The van der Waals surface area contributed by atoms with Gasteiger partial charge in [0, 0.05) is 45.1 Å². The minimum Gasteiger partial charge on any atom is -0.404 e. The minimum atomic E-state index is -5.55. The van der Waals surface area contributed by atoms with Crippen LogP contribution in [0.5, 0.6) is 5.75 Å². The van der Waals surface area contributed by atoms with Gasteiger partial charge in [-0.15, -0.1) is 18.2 Å². The van der Waals surface area contributed by atoms with Crippen LogP contribution in [0.25, 0.3) is 0 Å². The molecular weight excluding hydrogens is 618 g/mol. The molecule has 0 N–H and O–H groups in total. The van der Waals surface area contributed by atoms with Crippen molar-refractivity contribution in [2.24, 2.45) is 0 Å². The molecule has 1 aromatic carbocycles. The number of hydrogen-bond acceptors (Lipinski definition) is 9. The van der Waals surface area contributed by atoms with Crippen molar-refractivity contribution in [1.82, 2.24) is 19.7 Å². The number of hydrogen-bond donors (Lipinski definition) is 0. The maximum Gasteiger partial charge on any atom is 0.573 e. The quantitative estimate of drug-likeness (QED) is 0.254. The Morgan fingerprint density at radius 1 is 0.978 bits per heavy atom. The first kappa shape index (κ1) is 33.4. The smallest absolute Gasteiger partial charge is 0.404 e. The second kappa shape index (κ2) is 12.5. The molecule has 244 valence electrons. The van der Waals surface area contributed by atoms with Crippen LogP contribution in [0.3, 0.4) is 0 Å². The standard InChI is InChI=1S/C27H28F6N6O6/c1-25(2)22(41)38(24(43)37(25)15-17-6-8-34-9-7-17)19-14-18(4-5-20(19)44-27(31,32)33)39(45-23(42)26(28,29)30)21(40)16-36-12-10-35(3)11-13-36/h4-9,14H,10-13,15-16H2,1-3H3. The molecule has 2 aliphatic heterocycles. The fraction of sp³-hybridized carbons (Fsp3) is 0.444. The van der Waals surface area contributed by atoms with Crippen LogP contribution >= 0.6 is 0 Å². The molecule has 18 heteroatoms. The van der Waals surface area contributed by atoms with E-state index in [0.717, 1.165) is 11.0 Å². The van der Waals surface area contributed by atoms with Crippen molar-refractivity contribution in [1.29, 1.82) is 0 Å². The van der Waals surface area contributed by atoms with Gasteiger partial charge in [0.2, 0.25) is 0 Å². The predicted octanol–water partition coefficient (Wildman–Crippen LogP) is 3.33. The van der Waals surface area contributed by atoms with Crippen LogP contribution < -0.4 is 14.7 Å². The first-order chi connectivity index (χ1) is 20.9. The molecule has 0 aliphatic carbocycles. The highest BCUT2D eigenvalue weighted by Gasteiger charge is 2.53. The number of anilines is 2. The topological polar surface area (TPSA) is 116 Å². The van der Waals surface area contributed by atoms with Crippen molar-refractivity contribution in [3.8, 4) is 5.75 Å². The summed E-state index contributed by atoms with van der Waals surface area (Å²) < 4.78 is 83.8. The van der Waals surface area contributed by atoms with Crippen molar-refractivity contribution >= 4 is 35.2 Å². The minimum absolute atomic E-state index is 0.0279. The predicted molar refractivity (Wildman–Crippen MR) is 143 cm³/mol. The fourth-order valence-electron chi connectivity index (χ4n) is 4.65. The molecular formula is C27H28F6N6O6. The number of aromatic nitrogens is 1. The number of halogens is 6. The molecule has 0 bridgehead atoms. The van der Waals surface area contributed by atoms with Gasteiger partial charge >= 0.3 is 24.5 Å². The Hall–Kier alpha value is -4.45. The second-order valence-corrected chi connectivity index (χ2v) is 10.8.